The van der Waals surface area contributed by atoms with Crippen molar-refractivity contribution in [1.29, 1.82) is 0 Å². The number of amides is 3. The number of thiophene rings is 1. The molecule has 2 aromatic heterocycles. The van der Waals surface area contributed by atoms with Crippen molar-refractivity contribution in [3.05, 3.63) is 65.3 Å². The van der Waals surface area contributed by atoms with Gasteiger partial charge in [0.15, 0.2) is 0 Å². The fraction of sp³-hybridized carbons (Fsp3) is 0.167. The Morgan fingerprint density at radius 2 is 1.75 bits per heavy atom. The SMILES string of the molecule is CC(CC(N)=O)c1sc2ncnc(N)c2c1-c1ccc(NC(=O)Nc2cccc(C(F)(F)F)c2)cc1. The third kappa shape index (κ3) is 5.38. The van der Waals surface area contributed by atoms with Crippen LogP contribution >= 0.6 is 11.3 Å². The average Bonchev–Trinajstić information content (AvgIpc) is 3.20. The number of carbonyl (C=O) groups is 2. The van der Waals surface area contributed by atoms with E-state index in [4.69, 9.17) is 11.5 Å². The van der Waals surface area contributed by atoms with E-state index in [0.717, 1.165) is 28.1 Å². The van der Waals surface area contributed by atoms with E-state index >= 15 is 0 Å². The summed E-state index contributed by atoms with van der Waals surface area (Å²) < 4.78 is 38.7. The van der Waals surface area contributed by atoms with Crippen molar-refractivity contribution in [2.75, 3.05) is 16.4 Å². The van der Waals surface area contributed by atoms with E-state index in [9.17, 15) is 22.8 Å². The Balaban J connectivity index is 1.58. The number of nitrogens with two attached hydrogens (primary N) is 2. The number of hydrogen-bond donors (Lipinski definition) is 4. The van der Waals surface area contributed by atoms with Crippen molar-refractivity contribution in [1.82, 2.24) is 9.97 Å². The van der Waals surface area contributed by atoms with Crippen LogP contribution in [0, 0.1) is 0 Å². The van der Waals surface area contributed by atoms with Crippen LogP contribution in [0.15, 0.2) is 54.9 Å². The predicted octanol–water partition coefficient (Wildman–Crippen LogP) is 5.58. The summed E-state index contributed by atoms with van der Waals surface area (Å²) in [7, 11) is 0. The van der Waals surface area contributed by atoms with Crippen LogP contribution in [0.2, 0.25) is 0 Å². The van der Waals surface area contributed by atoms with Crippen LogP contribution < -0.4 is 22.1 Å². The Morgan fingerprint density at radius 3 is 2.42 bits per heavy atom. The molecule has 2 aromatic carbocycles. The number of alkyl halides is 3. The van der Waals surface area contributed by atoms with Crippen LogP contribution in [0.3, 0.4) is 0 Å². The van der Waals surface area contributed by atoms with Crippen molar-refractivity contribution >= 4 is 50.7 Å². The van der Waals surface area contributed by atoms with Gasteiger partial charge in [0, 0.05) is 28.2 Å². The summed E-state index contributed by atoms with van der Waals surface area (Å²) in [5.41, 5.74) is 12.6. The zero-order valence-corrected chi connectivity index (χ0v) is 19.7. The van der Waals surface area contributed by atoms with Gasteiger partial charge in [0.25, 0.3) is 0 Å². The minimum Gasteiger partial charge on any atom is -0.383 e. The van der Waals surface area contributed by atoms with Crippen LogP contribution in [0.4, 0.5) is 35.2 Å². The Morgan fingerprint density at radius 1 is 1.06 bits per heavy atom. The number of fused-ring (bicyclic) bond motifs is 1. The lowest BCUT2D eigenvalue weighted by atomic mass is 9.95. The first-order chi connectivity index (χ1) is 17.0. The maximum Gasteiger partial charge on any atom is 0.416 e. The number of nitrogens with zero attached hydrogens (tertiary/aromatic N) is 2. The molecular formula is C24H21F3N6O2S. The van der Waals surface area contributed by atoms with Gasteiger partial charge in [0.05, 0.1) is 10.9 Å². The second-order valence-electron chi connectivity index (χ2n) is 8.09. The lowest BCUT2D eigenvalue weighted by Crippen LogP contribution is -2.19. The highest BCUT2D eigenvalue weighted by Gasteiger charge is 2.30. The number of primary amides is 1. The minimum absolute atomic E-state index is 0.00671. The maximum atomic E-state index is 12.9. The maximum absolute atomic E-state index is 12.9. The molecule has 0 aliphatic rings. The number of anilines is 3. The molecular weight excluding hydrogens is 493 g/mol. The first kappa shape index (κ1) is 24.9. The number of rotatable bonds is 6. The third-order valence-electron chi connectivity index (χ3n) is 5.38. The van der Waals surface area contributed by atoms with E-state index in [-0.39, 0.29) is 18.0 Å². The van der Waals surface area contributed by atoms with Gasteiger partial charge in [0.1, 0.15) is 17.0 Å². The zero-order chi connectivity index (χ0) is 26.0. The van der Waals surface area contributed by atoms with E-state index in [2.05, 4.69) is 20.6 Å². The molecule has 0 bridgehead atoms. The van der Waals surface area contributed by atoms with Crippen molar-refractivity contribution in [2.45, 2.75) is 25.4 Å². The lowest BCUT2D eigenvalue weighted by molar-refractivity contribution is -0.137. The van der Waals surface area contributed by atoms with Crippen molar-refractivity contribution in [3.63, 3.8) is 0 Å². The Hall–Kier alpha value is -4.19. The topological polar surface area (TPSA) is 136 Å². The molecule has 0 aliphatic heterocycles. The quantitative estimate of drug-likeness (QED) is 0.266. The monoisotopic (exact) mass is 514 g/mol. The standard InChI is InChI=1S/C24H21F3N6O2S/c1-12(9-17(28)34)20-18(19-21(29)30-11-31-22(19)36-20)13-5-7-15(8-6-13)32-23(35)33-16-4-2-3-14(10-16)24(25,26)27/h2-8,10-12H,9H2,1H3,(H2,28,34)(H2,29,30,31)(H2,32,33,35). The molecule has 1 unspecified atom stereocenters. The molecule has 1 atom stereocenters. The molecule has 8 nitrogen and oxygen atoms in total. The zero-order valence-electron chi connectivity index (χ0n) is 18.9. The summed E-state index contributed by atoms with van der Waals surface area (Å²) in [4.78, 5) is 33.8. The van der Waals surface area contributed by atoms with E-state index in [0.29, 0.717) is 21.7 Å². The third-order valence-corrected chi connectivity index (χ3v) is 6.71. The van der Waals surface area contributed by atoms with Gasteiger partial charge in [-0.2, -0.15) is 13.2 Å². The van der Waals surface area contributed by atoms with Gasteiger partial charge < -0.3 is 22.1 Å². The summed E-state index contributed by atoms with van der Waals surface area (Å²) in [5.74, 6) is -0.324. The summed E-state index contributed by atoms with van der Waals surface area (Å²) in [6.07, 6.45) is -3.00. The molecule has 4 rings (SSSR count). The van der Waals surface area contributed by atoms with Gasteiger partial charge in [-0.05, 0) is 41.8 Å². The van der Waals surface area contributed by atoms with Gasteiger partial charge in [-0.15, -0.1) is 11.3 Å². The summed E-state index contributed by atoms with van der Waals surface area (Å²) in [6, 6.07) is 10.5. The molecule has 0 aliphatic carbocycles. The summed E-state index contributed by atoms with van der Waals surface area (Å²) >= 11 is 1.40. The molecule has 0 spiro atoms. The van der Waals surface area contributed by atoms with Crippen LogP contribution in [-0.4, -0.2) is 21.9 Å². The van der Waals surface area contributed by atoms with E-state index in [1.54, 1.807) is 24.3 Å². The number of carbonyl (C=O) groups excluding carboxylic acids is 2. The van der Waals surface area contributed by atoms with E-state index in [1.165, 1.54) is 29.8 Å². The second-order valence-corrected chi connectivity index (χ2v) is 9.12. The highest BCUT2D eigenvalue weighted by atomic mass is 32.1. The molecule has 2 heterocycles. The normalized spacial score (nSPS) is 12.3. The fourth-order valence-electron chi connectivity index (χ4n) is 3.79. The summed E-state index contributed by atoms with van der Waals surface area (Å²) in [6.45, 7) is 1.89. The number of halogens is 3. The summed E-state index contributed by atoms with van der Waals surface area (Å²) in [5, 5.41) is 5.65. The Labute approximate surface area is 207 Å². The molecule has 36 heavy (non-hydrogen) atoms. The highest BCUT2D eigenvalue weighted by molar-refractivity contribution is 7.19. The molecule has 186 valence electrons. The molecule has 4 aromatic rings. The van der Waals surface area contributed by atoms with Crippen molar-refractivity contribution < 1.29 is 22.8 Å². The molecule has 0 saturated carbocycles. The highest BCUT2D eigenvalue weighted by Crippen LogP contribution is 2.44. The second kappa shape index (κ2) is 9.82. The van der Waals surface area contributed by atoms with Crippen LogP contribution in [-0.2, 0) is 11.0 Å². The first-order valence-corrected chi connectivity index (χ1v) is 11.5. The predicted molar refractivity (Wildman–Crippen MR) is 134 cm³/mol. The lowest BCUT2D eigenvalue weighted by Gasteiger charge is -2.13. The number of nitrogens with one attached hydrogen (secondary N) is 2. The Bertz CT molecular complexity index is 1440. The number of aromatic nitrogens is 2. The largest absolute Gasteiger partial charge is 0.416 e. The van der Waals surface area contributed by atoms with Crippen molar-refractivity contribution in [3.8, 4) is 11.1 Å². The van der Waals surface area contributed by atoms with Crippen LogP contribution in [0.1, 0.15) is 29.7 Å². The number of benzene rings is 2. The van der Waals surface area contributed by atoms with Gasteiger partial charge in [-0.1, -0.05) is 25.1 Å². The number of urea groups is 1. The smallest absolute Gasteiger partial charge is 0.383 e. The Kier molecular flexibility index (Phi) is 6.80. The molecule has 12 heteroatoms. The van der Waals surface area contributed by atoms with Gasteiger partial charge >= 0.3 is 12.2 Å². The van der Waals surface area contributed by atoms with Gasteiger partial charge in [-0.3, -0.25) is 4.79 Å². The van der Waals surface area contributed by atoms with Crippen LogP contribution in [0.25, 0.3) is 21.3 Å². The molecule has 3 amide bonds. The van der Waals surface area contributed by atoms with Crippen LogP contribution in [0.5, 0.6) is 0 Å². The fourth-order valence-corrected chi connectivity index (χ4v) is 5.01. The number of hydrogen-bond acceptors (Lipinski definition) is 6. The number of nitrogen functional groups attached to an aromatic ring is 1. The molecule has 0 fully saturated rings. The van der Waals surface area contributed by atoms with Crippen molar-refractivity contribution in [2.24, 2.45) is 5.73 Å². The van der Waals surface area contributed by atoms with E-state index in [1.807, 2.05) is 6.92 Å². The molecule has 0 saturated heterocycles. The molecule has 6 N–H and O–H groups in total. The average molecular weight is 515 g/mol. The van der Waals surface area contributed by atoms with Gasteiger partial charge in [-0.25, -0.2) is 14.8 Å². The molecule has 0 radical (unpaired) electrons. The van der Waals surface area contributed by atoms with Gasteiger partial charge in [0.2, 0.25) is 5.91 Å². The van der Waals surface area contributed by atoms with E-state index < -0.39 is 23.7 Å². The first-order valence-electron chi connectivity index (χ1n) is 10.7. The minimum atomic E-state index is -4.52.